The molecule has 1 fully saturated rings. The predicted molar refractivity (Wildman–Crippen MR) is 80.5 cm³/mol. The van der Waals surface area contributed by atoms with Crippen molar-refractivity contribution in [3.63, 3.8) is 0 Å². The lowest BCUT2D eigenvalue weighted by atomic mass is 9.87. The predicted octanol–water partition coefficient (Wildman–Crippen LogP) is 3.16. The van der Waals surface area contributed by atoms with Gasteiger partial charge < -0.3 is 10.2 Å². The van der Waals surface area contributed by atoms with Crippen molar-refractivity contribution in [3.05, 3.63) is 30.5 Å². The fourth-order valence-corrected chi connectivity index (χ4v) is 3.62. The molecule has 0 aliphatic heterocycles. The van der Waals surface area contributed by atoms with Gasteiger partial charge in [-0.25, -0.2) is 4.98 Å². The molecule has 1 aromatic rings. The van der Waals surface area contributed by atoms with Gasteiger partial charge in [0.25, 0.3) is 0 Å². The first-order valence-electron chi connectivity index (χ1n) is 7.22. The average Bonchev–Trinajstić information content (AvgIpc) is 3.01. The summed E-state index contributed by atoms with van der Waals surface area (Å²) >= 11 is 0. The highest BCUT2D eigenvalue weighted by atomic mass is 15.2. The number of aromatic nitrogens is 1. The highest BCUT2D eigenvalue weighted by Gasteiger charge is 2.38. The molecule has 2 aliphatic carbocycles. The number of fused-ring (bicyclic) bond motifs is 2. The Labute approximate surface area is 115 Å². The van der Waals surface area contributed by atoms with Gasteiger partial charge in [-0.05, 0) is 49.7 Å². The number of anilines is 2. The Morgan fingerprint density at radius 3 is 2.79 bits per heavy atom. The Morgan fingerprint density at radius 1 is 1.32 bits per heavy atom. The minimum atomic E-state index is 0.503. The quantitative estimate of drug-likeness (QED) is 0.840. The van der Waals surface area contributed by atoms with Gasteiger partial charge in [-0.15, -0.1) is 0 Å². The van der Waals surface area contributed by atoms with E-state index in [0.29, 0.717) is 6.04 Å². The van der Waals surface area contributed by atoms with Gasteiger partial charge in [0.2, 0.25) is 0 Å². The molecule has 3 heteroatoms. The Balaban J connectivity index is 1.73. The van der Waals surface area contributed by atoms with E-state index in [1.807, 2.05) is 26.4 Å². The Morgan fingerprint density at radius 2 is 2.16 bits per heavy atom. The first-order valence-corrected chi connectivity index (χ1v) is 7.22. The monoisotopic (exact) mass is 257 g/mol. The van der Waals surface area contributed by atoms with Crippen LogP contribution in [0.5, 0.6) is 0 Å². The summed E-state index contributed by atoms with van der Waals surface area (Å²) in [5.74, 6) is 3.41. The standard InChI is InChI=1S/C16H23N3/c1-11(14-10-12-6-7-13(14)9-12)18-15-5-4-8-17-16(15)19(2)3/h4-8,11-14,18H,9-10H2,1-3H3. The van der Waals surface area contributed by atoms with Crippen molar-refractivity contribution in [2.24, 2.45) is 17.8 Å². The van der Waals surface area contributed by atoms with Crippen molar-refractivity contribution in [1.82, 2.24) is 4.98 Å². The number of allylic oxidation sites excluding steroid dienone is 2. The van der Waals surface area contributed by atoms with Crippen molar-refractivity contribution in [1.29, 1.82) is 0 Å². The summed E-state index contributed by atoms with van der Waals surface area (Å²) in [5.41, 5.74) is 1.15. The van der Waals surface area contributed by atoms with E-state index >= 15 is 0 Å². The maximum Gasteiger partial charge on any atom is 0.151 e. The molecular weight excluding hydrogens is 234 g/mol. The van der Waals surface area contributed by atoms with Gasteiger partial charge in [-0.3, -0.25) is 0 Å². The van der Waals surface area contributed by atoms with Crippen molar-refractivity contribution in [3.8, 4) is 0 Å². The van der Waals surface area contributed by atoms with E-state index in [1.165, 1.54) is 12.8 Å². The van der Waals surface area contributed by atoms with Crippen LogP contribution in [0.15, 0.2) is 30.5 Å². The van der Waals surface area contributed by atoms with E-state index in [2.05, 4.69) is 40.3 Å². The van der Waals surface area contributed by atoms with E-state index in [-0.39, 0.29) is 0 Å². The number of hydrogen-bond acceptors (Lipinski definition) is 3. The second-order valence-electron chi connectivity index (χ2n) is 6.15. The van der Waals surface area contributed by atoms with Crippen molar-refractivity contribution < 1.29 is 0 Å². The van der Waals surface area contributed by atoms with Gasteiger partial charge in [-0.2, -0.15) is 0 Å². The van der Waals surface area contributed by atoms with Crippen LogP contribution < -0.4 is 10.2 Å². The van der Waals surface area contributed by atoms with E-state index in [4.69, 9.17) is 0 Å². The SMILES string of the molecule is CC(Nc1cccnc1N(C)C)C1CC2C=CC1C2. The fraction of sp³-hybridized carbons (Fsp3) is 0.562. The molecule has 0 amide bonds. The molecule has 2 aliphatic rings. The lowest BCUT2D eigenvalue weighted by molar-refractivity contribution is 0.400. The van der Waals surface area contributed by atoms with Crippen LogP contribution in [0.4, 0.5) is 11.5 Å². The molecule has 1 saturated carbocycles. The molecule has 102 valence electrons. The Bertz CT molecular complexity index is 481. The summed E-state index contributed by atoms with van der Waals surface area (Å²) in [6, 6.07) is 4.63. The molecule has 0 aromatic carbocycles. The van der Waals surface area contributed by atoms with Gasteiger partial charge in [0.15, 0.2) is 5.82 Å². The lowest BCUT2D eigenvalue weighted by Gasteiger charge is -2.28. The third-order valence-corrected chi connectivity index (χ3v) is 4.57. The summed E-state index contributed by atoms with van der Waals surface area (Å²) in [4.78, 5) is 6.52. The molecule has 3 rings (SSSR count). The zero-order chi connectivity index (χ0) is 13.4. The highest BCUT2D eigenvalue weighted by molar-refractivity contribution is 5.65. The summed E-state index contributed by atoms with van der Waals surface area (Å²) in [5, 5.41) is 3.68. The van der Waals surface area contributed by atoms with Crippen LogP contribution in [-0.2, 0) is 0 Å². The Kier molecular flexibility index (Phi) is 3.21. The molecule has 2 bridgehead atoms. The average molecular weight is 257 g/mol. The highest BCUT2D eigenvalue weighted by Crippen LogP contribution is 2.45. The molecule has 0 saturated heterocycles. The first kappa shape index (κ1) is 12.5. The van der Waals surface area contributed by atoms with E-state index < -0.39 is 0 Å². The lowest BCUT2D eigenvalue weighted by Crippen LogP contribution is -2.29. The molecule has 1 N–H and O–H groups in total. The number of rotatable bonds is 4. The maximum atomic E-state index is 4.46. The number of nitrogens with one attached hydrogen (secondary N) is 1. The maximum absolute atomic E-state index is 4.46. The van der Waals surface area contributed by atoms with Crippen LogP contribution >= 0.6 is 0 Å². The molecule has 3 nitrogen and oxygen atoms in total. The van der Waals surface area contributed by atoms with Crippen molar-refractivity contribution in [2.75, 3.05) is 24.3 Å². The Hall–Kier alpha value is -1.51. The normalized spacial score (nSPS) is 29.5. The van der Waals surface area contributed by atoms with Crippen LogP contribution in [0, 0.1) is 17.8 Å². The number of hydrogen-bond donors (Lipinski definition) is 1. The van der Waals surface area contributed by atoms with Gasteiger partial charge in [0, 0.05) is 26.3 Å². The van der Waals surface area contributed by atoms with Gasteiger partial charge in [-0.1, -0.05) is 12.2 Å². The van der Waals surface area contributed by atoms with Gasteiger partial charge in [0.05, 0.1) is 5.69 Å². The van der Waals surface area contributed by atoms with E-state index in [9.17, 15) is 0 Å². The van der Waals surface area contributed by atoms with Gasteiger partial charge in [0.1, 0.15) is 0 Å². The summed E-state index contributed by atoms with van der Waals surface area (Å²) in [6.45, 7) is 2.31. The summed E-state index contributed by atoms with van der Waals surface area (Å²) < 4.78 is 0. The molecule has 1 heterocycles. The number of nitrogens with zero attached hydrogens (tertiary/aromatic N) is 2. The summed E-state index contributed by atoms with van der Waals surface area (Å²) in [6.07, 6.45) is 9.39. The van der Waals surface area contributed by atoms with Crippen LogP contribution in [0.2, 0.25) is 0 Å². The summed E-state index contributed by atoms with van der Waals surface area (Å²) in [7, 11) is 4.08. The molecule has 0 spiro atoms. The van der Waals surface area contributed by atoms with E-state index in [1.54, 1.807) is 0 Å². The van der Waals surface area contributed by atoms with Crippen LogP contribution in [0.1, 0.15) is 19.8 Å². The fourth-order valence-electron chi connectivity index (χ4n) is 3.62. The molecule has 4 atom stereocenters. The minimum absolute atomic E-state index is 0.503. The second-order valence-corrected chi connectivity index (χ2v) is 6.15. The third kappa shape index (κ3) is 2.34. The number of pyridine rings is 1. The minimum Gasteiger partial charge on any atom is -0.379 e. The molecule has 19 heavy (non-hydrogen) atoms. The third-order valence-electron chi connectivity index (χ3n) is 4.57. The molecule has 1 aromatic heterocycles. The largest absolute Gasteiger partial charge is 0.379 e. The second kappa shape index (κ2) is 4.87. The van der Waals surface area contributed by atoms with Crippen LogP contribution in [0.3, 0.4) is 0 Å². The molecule has 4 unspecified atom stereocenters. The van der Waals surface area contributed by atoms with Crippen LogP contribution in [-0.4, -0.2) is 25.1 Å². The van der Waals surface area contributed by atoms with Gasteiger partial charge >= 0.3 is 0 Å². The molecular formula is C16H23N3. The topological polar surface area (TPSA) is 28.2 Å². The zero-order valence-electron chi connectivity index (χ0n) is 12.0. The van der Waals surface area contributed by atoms with Crippen molar-refractivity contribution in [2.45, 2.75) is 25.8 Å². The van der Waals surface area contributed by atoms with Crippen LogP contribution in [0.25, 0.3) is 0 Å². The van der Waals surface area contributed by atoms with E-state index in [0.717, 1.165) is 29.3 Å². The zero-order valence-corrected chi connectivity index (χ0v) is 12.0. The first-order chi connectivity index (χ1) is 9.15. The molecule has 0 radical (unpaired) electrons. The smallest absolute Gasteiger partial charge is 0.151 e. The van der Waals surface area contributed by atoms with Crippen molar-refractivity contribution >= 4 is 11.5 Å².